The van der Waals surface area contributed by atoms with Gasteiger partial charge in [-0.3, -0.25) is 4.79 Å². The minimum atomic E-state index is -0.997. The van der Waals surface area contributed by atoms with Gasteiger partial charge in [-0.05, 0) is 29.8 Å². The summed E-state index contributed by atoms with van der Waals surface area (Å²) in [5.41, 5.74) is 1.57. The first kappa shape index (κ1) is 23.8. The second-order valence-electron chi connectivity index (χ2n) is 7.34. The molecular weight excluding hydrogens is 424 g/mol. The van der Waals surface area contributed by atoms with Crippen molar-refractivity contribution in [3.8, 4) is 17.2 Å². The van der Waals surface area contributed by atoms with Gasteiger partial charge in [0.2, 0.25) is 0 Å². The zero-order valence-corrected chi connectivity index (χ0v) is 18.3. The standard InChI is InChI=1S/C26H26O7/c1-31-24(26(29)30)16-18-8-10-20(11-9-18)32-14-5-15-33-21-12-13-22(23(27)17-21)25(28)19-6-3-2-4-7-19/h2-4,6-13,17,24,27H,5,14-16H2,1H3,(H,29,30). The number of benzene rings is 3. The van der Waals surface area contributed by atoms with Crippen molar-refractivity contribution in [2.24, 2.45) is 0 Å². The summed E-state index contributed by atoms with van der Waals surface area (Å²) in [4.78, 5) is 23.5. The van der Waals surface area contributed by atoms with E-state index >= 15 is 0 Å². The van der Waals surface area contributed by atoms with Crippen molar-refractivity contribution in [2.45, 2.75) is 18.9 Å². The topological polar surface area (TPSA) is 102 Å². The minimum absolute atomic E-state index is 0.128. The number of methoxy groups -OCH3 is 1. The summed E-state index contributed by atoms with van der Waals surface area (Å²) in [5.74, 6) is -0.239. The van der Waals surface area contributed by atoms with E-state index in [4.69, 9.17) is 19.3 Å². The molecule has 0 fully saturated rings. The van der Waals surface area contributed by atoms with Gasteiger partial charge < -0.3 is 24.4 Å². The van der Waals surface area contributed by atoms with Crippen LogP contribution in [0.5, 0.6) is 17.2 Å². The summed E-state index contributed by atoms with van der Waals surface area (Å²) in [6.07, 6.45) is 0.0134. The highest BCUT2D eigenvalue weighted by molar-refractivity contribution is 6.10. The summed E-state index contributed by atoms with van der Waals surface area (Å²) >= 11 is 0. The van der Waals surface area contributed by atoms with Gasteiger partial charge in [-0.25, -0.2) is 4.79 Å². The highest BCUT2D eigenvalue weighted by atomic mass is 16.5. The maximum atomic E-state index is 12.5. The van der Waals surface area contributed by atoms with Gasteiger partial charge in [0.1, 0.15) is 17.2 Å². The molecule has 3 aromatic carbocycles. The number of aliphatic carboxylic acids is 1. The van der Waals surface area contributed by atoms with E-state index in [0.717, 1.165) is 5.56 Å². The van der Waals surface area contributed by atoms with Crippen molar-refractivity contribution in [1.82, 2.24) is 0 Å². The van der Waals surface area contributed by atoms with Crippen LogP contribution in [0.2, 0.25) is 0 Å². The lowest BCUT2D eigenvalue weighted by Crippen LogP contribution is -2.24. The fourth-order valence-electron chi connectivity index (χ4n) is 3.18. The number of rotatable bonds is 12. The molecular formula is C26H26O7. The number of hydrogen-bond acceptors (Lipinski definition) is 6. The average Bonchev–Trinajstić information content (AvgIpc) is 2.83. The number of carbonyl (C=O) groups excluding carboxylic acids is 1. The number of ketones is 1. The molecule has 0 spiro atoms. The van der Waals surface area contributed by atoms with E-state index in [9.17, 15) is 14.7 Å². The van der Waals surface area contributed by atoms with E-state index in [1.165, 1.54) is 13.2 Å². The van der Waals surface area contributed by atoms with E-state index in [-0.39, 0.29) is 23.5 Å². The molecule has 0 radical (unpaired) electrons. The second-order valence-corrected chi connectivity index (χ2v) is 7.34. The summed E-state index contributed by atoms with van der Waals surface area (Å²) in [6.45, 7) is 0.795. The van der Waals surface area contributed by atoms with Crippen LogP contribution in [0.4, 0.5) is 0 Å². The van der Waals surface area contributed by atoms with Crippen LogP contribution in [-0.4, -0.2) is 48.4 Å². The highest BCUT2D eigenvalue weighted by Crippen LogP contribution is 2.26. The molecule has 1 atom stereocenters. The molecule has 3 rings (SSSR count). The maximum Gasteiger partial charge on any atom is 0.333 e. The Kier molecular flexibility index (Phi) is 8.43. The van der Waals surface area contributed by atoms with Crippen LogP contribution >= 0.6 is 0 Å². The first-order valence-corrected chi connectivity index (χ1v) is 10.5. The van der Waals surface area contributed by atoms with Crippen LogP contribution in [0.15, 0.2) is 72.8 Å². The molecule has 0 saturated carbocycles. The molecule has 7 heteroatoms. The first-order valence-electron chi connectivity index (χ1n) is 10.5. The molecule has 0 aromatic heterocycles. The first-order chi connectivity index (χ1) is 16.0. The summed E-state index contributed by atoms with van der Waals surface area (Å²) in [5, 5.41) is 19.3. The molecule has 0 saturated heterocycles. The van der Waals surface area contributed by atoms with Crippen LogP contribution < -0.4 is 9.47 Å². The average molecular weight is 450 g/mol. The van der Waals surface area contributed by atoms with Crippen LogP contribution in [0.1, 0.15) is 27.9 Å². The number of phenols is 1. The lowest BCUT2D eigenvalue weighted by molar-refractivity contribution is -0.148. The fraction of sp³-hybridized carbons (Fsp3) is 0.231. The minimum Gasteiger partial charge on any atom is -0.507 e. The Morgan fingerprint density at radius 3 is 2.12 bits per heavy atom. The van der Waals surface area contributed by atoms with E-state index in [1.54, 1.807) is 48.5 Å². The van der Waals surface area contributed by atoms with Crippen LogP contribution in [-0.2, 0) is 16.0 Å². The largest absolute Gasteiger partial charge is 0.507 e. The Balaban J connectivity index is 1.42. The zero-order chi connectivity index (χ0) is 23.6. The molecule has 1 unspecified atom stereocenters. The number of hydrogen-bond donors (Lipinski definition) is 2. The number of phenolic OH excluding ortho intramolecular Hbond substituents is 1. The van der Waals surface area contributed by atoms with E-state index in [2.05, 4.69) is 0 Å². The number of ether oxygens (including phenoxy) is 3. The number of carboxylic acid groups (broad SMARTS) is 1. The predicted octanol–water partition coefficient (Wildman–Crippen LogP) is 4.11. The monoisotopic (exact) mass is 450 g/mol. The lowest BCUT2D eigenvalue weighted by atomic mass is 10.0. The third-order valence-electron chi connectivity index (χ3n) is 4.98. The van der Waals surface area contributed by atoms with E-state index in [0.29, 0.717) is 36.7 Å². The third kappa shape index (κ3) is 6.82. The highest BCUT2D eigenvalue weighted by Gasteiger charge is 2.17. The Labute approximate surface area is 192 Å². The van der Waals surface area contributed by atoms with Gasteiger partial charge >= 0.3 is 5.97 Å². The van der Waals surface area contributed by atoms with Gasteiger partial charge in [0, 0.05) is 31.6 Å². The summed E-state index contributed by atoms with van der Waals surface area (Å²) in [7, 11) is 1.37. The molecule has 0 bridgehead atoms. The molecule has 0 aliphatic carbocycles. The van der Waals surface area contributed by atoms with Gasteiger partial charge in [-0.15, -0.1) is 0 Å². The van der Waals surface area contributed by atoms with Crippen LogP contribution in [0, 0.1) is 0 Å². The third-order valence-corrected chi connectivity index (χ3v) is 4.98. The van der Waals surface area contributed by atoms with Crippen molar-refractivity contribution in [2.75, 3.05) is 20.3 Å². The summed E-state index contributed by atoms with van der Waals surface area (Å²) < 4.78 is 16.3. The summed E-state index contributed by atoms with van der Waals surface area (Å²) in [6, 6.07) is 20.6. The van der Waals surface area contributed by atoms with E-state index in [1.807, 2.05) is 18.2 Å². The van der Waals surface area contributed by atoms with Gasteiger partial charge in [-0.1, -0.05) is 42.5 Å². The molecule has 33 heavy (non-hydrogen) atoms. The Morgan fingerprint density at radius 2 is 1.52 bits per heavy atom. The van der Waals surface area contributed by atoms with Gasteiger partial charge in [0.05, 0.1) is 18.8 Å². The van der Waals surface area contributed by atoms with E-state index < -0.39 is 12.1 Å². The van der Waals surface area contributed by atoms with Crippen molar-refractivity contribution >= 4 is 11.8 Å². The fourth-order valence-corrected chi connectivity index (χ4v) is 3.18. The lowest BCUT2D eigenvalue weighted by Gasteiger charge is -2.12. The van der Waals surface area contributed by atoms with Gasteiger partial charge in [0.15, 0.2) is 11.9 Å². The molecule has 172 valence electrons. The number of carbonyl (C=O) groups is 2. The van der Waals surface area contributed by atoms with Gasteiger partial charge in [-0.2, -0.15) is 0 Å². The predicted molar refractivity (Wildman–Crippen MR) is 122 cm³/mol. The SMILES string of the molecule is COC(Cc1ccc(OCCCOc2ccc(C(=O)c3ccccc3)c(O)c2)cc1)C(=O)O. The van der Waals surface area contributed by atoms with Crippen molar-refractivity contribution in [3.63, 3.8) is 0 Å². The van der Waals surface area contributed by atoms with Crippen molar-refractivity contribution in [3.05, 3.63) is 89.5 Å². The Bertz CT molecular complexity index is 1060. The molecule has 2 N–H and O–H groups in total. The van der Waals surface area contributed by atoms with Crippen LogP contribution in [0.3, 0.4) is 0 Å². The zero-order valence-electron chi connectivity index (χ0n) is 18.3. The molecule has 7 nitrogen and oxygen atoms in total. The molecule has 0 aliphatic heterocycles. The molecule has 0 amide bonds. The van der Waals surface area contributed by atoms with Gasteiger partial charge in [0.25, 0.3) is 0 Å². The molecule has 0 heterocycles. The van der Waals surface area contributed by atoms with Crippen molar-refractivity contribution in [1.29, 1.82) is 0 Å². The molecule has 0 aliphatic rings. The number of carboxylic acids is 1. The quantitative estimate of drug-likeness (QED) is 0.316. The smallest absolute Gasteiger partial charge is 0.333 e. The number of aromatic hydroxyl groups is 1. The van der Waals surface area contributed by atoms with Crippen LogP contribution in [0.25, 0.3) is 0 Å². The Hall–Kier alpha value is -3.84. The normalized spacial score (nSPS) is 11.5. The molecule has 3 aromatic rings. The maximum absolute atomic E-state index is 12.5. The van der Waals surface area contributed by atoms with Crippen molar-refractivity contribution < 1.29 is 34.0 Å². The second kappa shape index (κ2) is 11.7. The Morgan fingerprint density at radius 1 is 0.879 bits per heavy atom.